The van der Waals surface area contributed by atoms with Gasteiger partial charge in [0.2, 0.25) is 11.8 Å². The van der Waals surface area contributed by atoms with E-state index in [1.807, 2.05) is 55.5 Å². The standard InChI is InChI=1S/C23H28N2O4/c1-3-25-21(27)13-12-20(22(25)18-8-10-19(29-2)11-9-18)23(28)24-14-16-4-6-17(15-26)7-5-16/h4-11,20,22,26H,3,12-15H2,1-2H3,(H,24,28)/t20-,22+/m1/s1. The van der Waals surface area contributed by atoms with Crippen molar-refractivity contribution in [3.8, 4) is 5.75 Å². The Morgan fingerprint density at radius 3 is 2.38 bits per heavy atom. The number of aliphatic hydroxyl groups is 1. The molecule has 0 radical (unpaired) electrons. The number of nitrogens with one attached hydrogen (secondary N) is 1. The molecular weight excluding hydrogens is 368 g/mol. The predicted octanol–water partition coefficient (Wildman–Crippen LogP) is 2.80. The fraction of sp³-hybridized carbons (Fsp3) is 0.391. The highest BCUT2D eigenvalue weighted by Crippen LogP contribution is 2.37. The van der Waals surface area contributed by atoms with Crippen LogP contribution in [0.3, 0.4) is 0 Å². The van der Waals surface area contributed by atoms with E-state index in [4.69, 9.17) is 9.84 Å². The summed E-state index contributed by atoms with van der Waals surface area (Å²) in [5, 5.41) is 12.2. The van der Waals surface area contributed by atoms with Crippen LogP contribution in [0.1, 0.15) is 42.5 Å². The number of hydrogen-bond donors (Lipinski definition) is 2. The highest BCUT2D eigenvalue weighted by atomic mass is 16.5. The van der Waals surface area contributed by atoms with Crippen molar-refractivity contribution in [1.82, 2.24) is 10.2 Å². The van der Waals surface area contributed by atoms with Gasteiger partial charge in [-0.05, 0) is 42.2 Å². The maximum Gasteiger partial charge on any atom is 0.225 e. The van der Waals surface area contributed by atoms with E-state index in [1.165, 1.54) is 0 Å². The van der Waals surface area contributed by atoms with E-state index in [0.717, 1.165) is 22.4 Å². The van der Waals surface area contributed by atoms with E-state index in [2.05, 4.69) is 5.32 Å². The predicted molar refractivity (Wildman–Crippen MR) is 110 cm³/mol. The molecule has 2 amide bonds. The summed E-state index contributed by atoms with van der Waals surface area (Å²) in [5.41, 5.74) is 2.74. The molecule has 1 aliphatic heterocycles. The SMILES string of the molecule is CCN1C(=O)CC[C@@H](C(=O)NCc2ccc(CO)cc2)[C@@H]1c1ccc(OC)cc1. The van der Waals surface area contributed by atoms with Crippen LogP contribution < -0.4 is 10.1 Å². The van der Waals surface area contributed by atoms with Crippen LogP contribution in [-0.2, 0) is 22.7 Å². The van der Waals surface area contributed by atoms with Gasteiger partial charge in [-0.2, -0.15) is 0 Å². The van der Waals surface area contributed by atoms with Crippen LogP contribution in [0.4, 0.5) is 0 Å². The average molecular weight is 396 g/mol. The highest BCUT2D eigenvalue weighted by molar-refractivity contribution is 5.85. The first-order valence-corrected chi connectivity index (χ1v) is 9.97. The molecule has 0 unspecified atom stereocenters. The lowest BCUT2D eigenvalue weighted by atomic mass is 9.83. The number of carbonyl (C=O) groups excluding carboxylic acids is 2. The second-order valence-electron chi connectivity index (χ2n) is 7.24. The van der Waals surface area contributed by atoms with Crippen LogP contribution in [0.2, 0.25) is 0 Å². The Kier molecular flexibility index (Phi) is 6.88. The van der Waals surface area contributed by atoms with E-state index in [9.17, 15) is 9.59 Å². The van der Waals surface area contributed by atoms with E-state index >= 15 is 0 Å². The number of nitrogens with zero attached hydrogens (tertiary/aromatic N) is 1. The van der Waals surface area contributed by atoms with Crippen molar-refractivity contribution in [2.45, 2.75) is 39.0 Å². The molecule has 2 aromatic carbocycles. The van der Waals surface area contributed by atoms with Gasteiger partial charge in [-0.15, -0.1) is 0 Å². The highest BCUT2D eigenvalue weighted by Gasteiger charge is 2.39. The summed E-state index contributed by atoms with van der Waals surface area (Å²) in [4.78, 5) is 27.3. The molecule has 0 bridgehead atoms. The summed E-state index contributed by atoms with van der Waals surface area (Å²) < 4.78 is 5.23. The third-order valence-corrected chi connectivity index (χ3v) is 5.51. The van der Waals surface area contributed by atoms with Gasteiger partial charge < -0.3 is 20.1 Å². The van der Waals surface area contributed by atoms with Gasteiger partial charge in [0.25, 0.3) is 0 Å². The second kappa shape index (κ2) is 9.56. The molecule has 0 spiro atoms. The zero-order chi connectivity index (χ0) is 20.8. The molecule has 1 aliphatic rings. The molecule has 0 aliphatic carbocycles. The van der Waals surface area contributed by atoms with Crippen molar-refractivity contribution >= 4 is 11.8 Å². The van der Waals surface area contributed by atoms with Gasteiger partial charge >= 0.3 is 0 Å². The van der Waals surface area contributed by atoms with Crippen molar-refractivity contribution in [2.24, 2.45) is 5.92 Å². The molecule has 154 valence electrons. The molecule has 0 saturated carbocycles. The Hall–Kier alpha value is -2.86. The monoisotopic (exact) mass is 396 g/mol. The van der Waals surface area contributed by atoms with E-state index in [0.29, 0.717) is 25.9 Å². The van der Waals surface area contributed by atoms with Crippen LogP contribution in [0.15, 0.2) is 48.5 Å². The summed E-state index contributed by atoms with van der Waals surface area (Å²) in [6, 6.07) is 14.8. The molecule has 2 atom stereocenters. The topological polar surface area (TPSA) is 78.9 Å². The number of methoxy groups -OCH3 is 1. The first kappa shape index (κ1) is 20.9. The van der Waals surface area contributed by atoms with Gasteiger partial charge in [0.1, 0.15) is 5.75 Å². The molecule has 29 heavy (non-hydrogen) atoms. The lowest BCUT2D eigenvalue weighted by Gasteiger charge is -2.40. The zero-order valence-corrected chi connectivity index (χ0v) is 16.9. The maximum absolute atomic E-state index is 13.1. The van der Waals surface area contributed by atoms with Crippen LogP contribution in [-0.4, -0.2) is 35.5 Å². The van der Waals surface area contributed by atoms with Crippen LogP contribution in [0.5, 0.6) is 5.75 Å². The Bertz CT molecular complexity index is 833. The van der Waals surface area contributed by atoms with E-state index in [-0.39, 0.29) is 30.4 Å². The Labute approximate surface area is 171 Å². The van der Waals surface area contributed by atoms with E-state index in [1.54, 1.807) is 12.0 Å². The Balaban J connectivity index is 1.77. The normalized spacial score (nSPS) is 19.1. The van der Waals surface area contributed by atoms with Crippen LogP contribution in [0.25, 0.3) is 0 Å². The van der Waals surface area contributed by atoms with Gasteiger partial charge in [-0.1, -0.05) is 36.4 Å². The quantitative estimate of drug-likeness (QED) is 0.754. The van der Waals surface area contributed by atoms with Gasteiger partial charge in [-0.25, -0.2) is 0 Å². The molecule has 1 fully saturated rings. The molecule has 0 aromatic heterocycles. The largest absolute Gasteiger partial charge is 0.497 e. The summed E-state index contributed by atoms with van der Waals surface area (Å²) in [7, 11) is 1.61. The van der Waals surface area contributed by atoms with Gasteiger partial charge in [-0.3, -0.25) is 9.59 Å². The number of piperidine rings is 1. The number of amides is 2. The average Bonchev–Trinajstić information content (AvgIpc) is 2.77. The minimum absolute atomic E-state index is 0.000858. The lowest BCUT2D eigenvalue weighted by molar-refractivity contribution is -0.143. The summed E-state index contributed by atoms with van der Waals surface area (Å²) in [6.45, 7) is 2.91. The van der Waals surface area contributed by atoms with Gasteiger partial charge in [0.15, 0.2) is 0 Å². The second-order valence-corrected chi connectivity index (χ2v) is 7.24. The van der Waals surface area contributed by atoms with Crippen molar-refractivity contribution in [1.29, 1.82) is 0 Å². The number of likely N-dealkylation sites (tertiary alicyclic amines) is 1. The molecule has 3 rings (SSSR count). The minimum Gasteiger partial charge on any atom is -0.497 e. The fourth-order valence-electron chi connectivity index (χ4n) is 3.90. The van der Waals surface area contributed by atoms with Gasteiger partial charge in [0.05, 0.1) is 25.7 Å². The molecule has 2 aromatic rings. The Morgan fingerprint density at radius 2 is 1.79 bits per heavy atom. The first-order chi connectivity index (χ1) is 14.1. The first-order valence-electron chi connectivity index (χ1n) is 9.97. The van der Waals surface area contributed by atoms with Gasteiger partial charge in [0, 0.05) is 19.5 Å². The van der Waals surface area contributed by atoms with Crippen molar-refractivity contribution in [3.63, 3.8) is 0 Å². The smallest absolute Gasteiger partial charge is 0.225 e. The third-order valence-electron chi connectivity index (χ3n) is 5.51. The summed E-state index contributed by atoms with van der Waals surface area (Å²) >= 11 is 0. The Morgan fingerprint density at radius 1 is 1.14 bits per heavy atom. The molecule has 6 heteroatoms. The molecule has 1 heterocycles. The number of hydrogen-bond acceptors (Lipinski definition) is 4. The number of carbonyl (C=O) groups is 2. The van der Waals surface area contributed by atoms with Crippen molar-refractivity contribution in [3.05, 3.63) is 65.2 Å². The number of ether oxygens (including phenoxy) is 1. The molecular formula is C23H28N2O4. The maximum atomic E-state index is 13.1. The zero-order valence-electron chi connectivity index (χ0n) is 16.9. The summed E-state index contributed by atoms with van der Waals surface area (Å²) in [6.07, 6.45) is 0.908. The fourth-order valence-corrected chi connectivity index (χ4v) is 3.90. The number of aliphatic hydroxyl groups excluding tert-OH is 1. The number of rotatable bonds is 7. The third kappa shape index (κ3) is 4.77. The lowest BCUT2D eigenvalue weighted by Crippen LogP contribution is -2.47. The molecule has 1 saturated heterocycles. The van der Waals surface area contributed by atoms with E-state index < -0.39 is 0 Å². The molecule has 2 N–H and O–H groups in total. The van der Waals surface area contributed by atoms with Crippen molar-refractivity contribution < 1.29 is 19.4 Å². The molecule has 6 nitrogen and oxygen atoms in total. The number of benzene rings is 2. The van der Waals surface area contributed by atoms with Crippen molar-refractivity contribution in [2.75, 3.05) is 13.7 Å². The summed E-state index contributed by atoms with van der Waals surface area (Å²) in [5.74, 6) is 0.462. The van der Waals surface area contributed by atoms with Crippen LogP contribution in [0, 0.1) is 5.92 Å². The minimum atomic E-state index is -0.308. The van der Waals surface area contributed by atoms with Crippen LogP contribution >= 0.6 is 0 Å².